The first-order valence-electron chi connectivity index (χ1n) is 40.1. The van der Waals surface area contributed by atoms with Gasteiger partial charge in [0.2, 0.25) is 0 Å². The third kappa shape index (κ3) is 6.57. The first kappa shape index (κ1) is 59.9. The number of hydrogen-bond donors (Lipinski definition) is 4. The van der Waals surface area contributed by atoms with Crippen molar-refractivity contribution in [3.63, 3.8) is 0 Å². The Balaban J connectivity index is 0.769. The highest BCUT2D eigenvalue weighted by molar-refractivity contribution is 5.94. The SMILES string of the molecule is CC12CC3CC45CC6(CCCC6)CC4CC4=CC6C7(CCC8C=CCC9C%10CCCC%10CCC896)OC46C5C(=O)OCC64C7C(=O)C(O)C5(C6CC(Cc7ccccc7)CCC6C#CC6CCc7coc(CC(C(O)CO)C8CCC9C(C=CN%10CNCC9%10)C8)c7C61OC(=O)C1OC152)C34. The molecule has 23 rings (SSSR count). The smallest absolute Gasteiger partial charge is 0.339 e. The molecule has 9 spiro atoms. The number of carbonyl (C=O) groups excluding carboxylic acids is 3. The third-order valence-electron chi connectivity index (χ3n) is 36.1. The molecular formula is C85H102N2O11. The topological polar surface area (TPSA) is 181 Å². The van der Waals surface area contributed by atoms with Crippen molar-refractivity contribution in [1.82, 2.24) is 10.2 Å². The van der Waals surface area contributed by atoms with E-state index in [-0.39, 0.29) is 83.1 Å². The number of benzene rings is 1. The minimum absolute atomic E-state index is 0.0572. The van der Waals surface area contributed by atoms with Gasteiger partial charge in [-0.25, -0.2) is 4.79 Å². The van der Waals surface area contributed by atoms with Crippen molar-refractivity contribution in [1.29, 1.82) is 0 Å². The zero-order valence-electron chi connectivity index (χ0n) is 57.5. The summed E-state index contributed by atoms with van der Waals surface area (Å²) >= 11 is 0. The van der Waals surface area contributed by atoms with Crippen molar-refractivity contribution < 1.29 is 53.1 Å². The number of allylic oxidation sites excluding steroid dienone is 3. The fraction of sp³-hybridized carbons (Fsp3) is 0.753. The van der Waals surface area contributed by atoms with Gasteiger partial charge in [0, 0.05) is 47.2 Å². The normalized spacial score (nSPS) is 54.3. The maximum atomic E-state index is 18.5. The molecule has 98 heavy (non-hydrogen) atoms. The number of ether oxygens (including phenoxy) is 4. The fourth-order valence-corrected chi connectivity index (χ4v) is 33.9. The summed E-state index contributed by atoms with van der Waals surface area (Å²) in [6, 6.07) is 11.4. The fourth-order valence-electron chi connectivity index (χ4n) is 33.9. The van der Waals surface area contributed by atoms with Gasteiger partial charge in [-0.15, -0.1) is 0 Å². The van der Waals surface area contributed by atoms with Gasteiger partial charge >= 0.3 is 11.9 Å². The van der Waals surface area contributed by atoms with Crippen LogP contribution in [0.25, 0.3) is 0 Å². The average Bonchev–Trinajstić information content (AvgIpc) is 1.40. The van der Waals surface area contributed by atoms with Gasteiger partial charge in [0.15, 0.2) is 17.5 Å². The number of rotatable bonds is 7. The van der Waals surface area contributed by atoms with Crippen molar-refractivity contribution in [3.8, 4) is 11.8 Å². The number of Topliss-reactive ketones (excluding diaryl/α,β-unsaturated/α-hetero) is 1. The lowest BCUT2D eigenvalue weighted by atomic mass is 9.28. The predicted octanol–water partition coefficient (Wildman–Crippen LogP) is 11.7. The van der Waals surface area contributed by atoms with Gasteiger partial charge in [-0.2, -0.15) is 0 Å². The third-order valence-corrected chi connectivity index (χ3v) is 36.1. The summed E-state index contributed by atoms with van der Waals surface area (Å²) in [6.45, 7) is 3.91. The molecule has 11 saturated carbocycles. The van der Waals surface area contributed by atoms with Crippen LogP contribution >= 0.6 is 0 Å². The Kier molecular flexibility index (Phi) is 12.0. The van der Waals surface area contributed by atoms with Gasteiger partial charge in [0.1, 0.15) is 29.7 Å². The van der Waals surface area contributed by atoms with E-state index in [1.807, 2.05) is 6.26 Å². The molecule has 31 unspecified atom stereocenters. The second-order valence-electron chi connectivity index (χ2n) is 38.3. The summed E-state index contributed by atoms with van der Waals surface area (Å²) in [5.41, 5.74) is -4.87. The van der Waals surface area contributed by atoms with Crippen molar-refractivity contribution in [2.75, 3.05) is 26.4 Å². The number of aliphatic hydroxyl groups excluding tert-OH is 3. The van der Waals surface area contributed by atoms with Gasteiger partial charge in [0.05, 0.1) is 54.4 Å². The van der Waals surface area contributed by atoms with E-state index in [1.54, 1.807) is 0 Å². The van der Waals surface area contributed by atoms with Crippen LogP contribution < -0.4 is 5.32 Å². The Morgan fingerprint density at radius 2 is 1.73 bits per heavy atom. The van der Waals surface area contributed by atoms with Crippen LogP contribution in [0.3, 0.4) is 0 Å². The van der Waals surface area contributed by atoms with Crippen molar-refractivity contribution in [3.05, 3.63) is 95.1 Å². The zero-order chi connectivity index (χ0) is 65.3. The minimum atomic E-state index is -1.56. The Labute approximate surface area is 577 Å². The van der Waals surface area contributed by atoms with Crippen LogP contribution in [0.5, 0.6) is 0 Å². The molecule has 1 aromatic heterocycles. The summed E-state index contributed by atoms with van der Waals surface area (Å²) in [6.07, 6.45) is 36.4. The molecular weight excluding hydrogens is 1220 g/mol. The van der Waals surface area contributed by atoms with Gasteiger partial charge in [-0.1, -0.05) is 99.1 Å². The van der Waals surface area contributed by atoms with Crippen molar-refractivity contribution in [2.24, 2.45) is 139 Å². The maximum absolute atomic E-state index is 18.5. The van der Waals surface area contributed by atoms with Crippen LogP contribution in [-0.2, 0) is 58.2 Å². The molecule has 5 saturated heterocycles. The van der Waals surface area contributed by atoms with Crippen molar-refractivity contribution in [2.45, 2.75) is 227 Å². The van der Waals surface area contributed by atoms with Crippen molar-refractivity contribution >= 4 is 17.7 Å². The molecule has 16 fully saturated rings. The number of nitrogens with zero attached hydrogens (tertiary/aromatic N) is 1. The largest absolute Gasteiger partial charge is 0.469 e. The number of epoxide rings is 1. The molecule has 13 nitrogen and oxygen atoms in total. The number of furan rings is 1. The van der Waals surface area contributed by atoms with Crippen LogP contribution in [-0.4, -0.2) is 106 Å². The number of esters is 2. The molecule has 14 aliphatic carbocycles. The highest BCUT2D eigenvalue weighted by Gasteiger charge is 3.01. The van der Waals surface area contributed by atoms with E-state index in [2.05, 4.69) is 89.8 Å². The van der Waals surface area contributed by atoms with Crippen LogP contribution in [0.4, 0.5) is 0 Å². The van der Waals surface area contributed by atoms with Gasteiger partial charge in [0.25, 0.3) is 0 Å². The number of aryl methyl sites for hydroxylation is 1. The molecule has 21 aliphatic rings. The number of aliphatic hydroxyl groups is 3. The molecule has 8 heterocycles. The summed E-state index contributed by atoms with van der Waals surface area (Å²) in [7, 11) is 0. The van der Waals surface area contributed by atoms with Crippen LogP contribution in [0, 0.1) is 151 Å². The zero-order valence-corrected chi connectivity index (χ0v) is 57.5. The Hall–Kier alpha value is -4.55. The average molecular weight is 1330 g/mol. The van der Waals surface area contributed by atoms with Gasteiger partial charge < -0.3 is 43.6 Å². The predicted molar refractivity (Wildman–Crippen MR) is 360 cm³/mol. The number of nitrogens with one attached hydrogen (secondary N) is 1. The molecule has 1 aromatic carbocycles. The molecule has 31 atom stereocenters. The Morgan fingerprint density at radius 3 is 2.61 bits per heavy atom. The number of carbonyl (C=O) groups is 3. The molecule has 13 heteroatoms. The van der Waals surface area contributed by atoms with E-state index >= 15 is 19.5 Å². The quantitative estimate of drug-likeness (QED) is 0.0891. The highest BCUT2D eigenvalue weighted by atomic mass is 16.7. The summed E-state index contributed by atoms with van der Waals surface area (Å²) in [5.74, 6) is 8.19. The first-order valence-corrected chi connectivity index (χ1v) is 40.1. The molecule has 0 amide bonds. The van der Waals surface area contributed by atoms with Gasteiger partial charge in [-0.3, -0.25) is 14.9 Å². The molecule has 4 N–H and O–H groups in total. The lowest BCUT2D eigenvalue weighted by molar-refractivity contribution is -0.320. The van der Waals surface area contributed by atoms with E-state index < -0.39 is 92.0 Å². The molecule has 9 bridgehead atoms. The number of fused-ring (bicyclic) bond motifs is 7. The lowest BCUT2D eigenvalue weighted by Crippen LogP contribution is -2.84. The molecule has 7 aliphatic heterocycles. The minimum Gasteiger partial charge on any atom is -0.469 e. The molecule has 2 aromatic rings. The van der Waals surface area contributed by atoms with Crippen LogP contribution in [0.1, 0.15) is 183 Å². The van der Waals surface area contributed by atoms with E-state index in [1.165, 1.54) is 49.7 Å². The number of cyclic esters (lactones) is 1. The van der Waals surface area contributed by atoms with E-state index in [0.29, 0.717) is 79.9 Å². The highest BCUT2D eigenvalue weighted by Crippen LogP contribution is 2.93. The van der Waals surface area contributed by atoms with Gasteiger partial charge in [-0.05, 0) is 257 Å². The summed E-state index contributed by atoms with van der Waals surface area (Å²) < 4.78 is 39.5. The molecule has 0 radical (unpaired) electrons. The second kappa shape index (κ2) is 19.6. The Morgan fingerprint density at radius 1 is 0.847 bits per heavy atom. The maximum Gasteiger partial charge on any atom is 0.339 e. The first-order chi connectivity index (χ1) is 47.7. The van der Waals surface area contributed by atoms with Crippen LogP contribution in [0.15, 0.2) is 77.1 Å². The van der Waals surface area contributed by atoms with E-state index in [0.717, 1.165) is 127 Å². The number of hydrogen-bond acceptors (Lipinski definition) is 13. The Bertz CT molecular complexity index is 3970. The van der Waals surface area contributed by atoms with Crippen LogP contribution in [0.2, 0.25) is 0 Å². The summed E-state index contributed by atoms with van der Waals surface area (Å²) in [5, 5.41) is 42.9. The van der Waals surface area contributed by atoms with E-state index in [4.69, 9.17) is 23.4 Å². The standard InChI is InChI=1S/C85H102N2O11/c1-76-37-53-38-78-43-77(26-5-6-27-77)39-57(78)34-56-35-66-79-28-23-48-11-7-13-58(48)61(79)14-8-12-54(79)24-29-81(66)70-68(90)72(91)82(69(53)80(70)44-95-74(92)71(78)84(56,80)98-81)62-32-47(31-46-9-3-2-4-10-46)15-16-49(62)17-20-55-21-18-52-42-94-65(67(52)83(55,76)97-75(93)73-85(76,82)96-73)36-60(64(89)41-88)50-19-22-59-51(33-50)25-30-87-45-86-40-63(59)87/h2-4,8-10,12,25,30,35,42,47-51,53-55,57-64,66,69-73,86,88-89,91H,5-7,11,13-16,18-19,21-24,26-29,31-34,36-41,43-45H2,1H3. The summed E-state index contributed by atoms with van der Waals surface area (Å²) in [4.78, 5) is 54.3. The molecule has 518 valence electrons. The van der Waals surface area contributed by atoms with E-state index in [9.17, 15) is 10.2 Å². The number of ketones is 1. The second-order valence-corrected chi connectivity index (χ2v) is 38.3. The lowest BCUT2D eigenvalue weighted by Gasteiger charge is -2.74. The monoisotopic (exact) mass is 1330 g/mol.